The fraction of sp³-hybridized carbons (Fsp3) is 0.588. The van der Waals surface area contributed by atoms with Gasteiger partial charge in [-0.1, -0.05) is 37.3 Å². The van der Waals surface area contributed by atoms with Crippen LogP contribution in [0.15, 0.2) is 30.3 Å². The monoisotopic (exact) mass is 339 g/mol. The number of carbonyl (C=O) groups is 1. The van der Waals surface area contributed by atoms with E-state index in [2.05, 4.69) is 5.32 Å². The van der Waals surface area contributed by atoms with Gasteiger partial charge in [0, 0.05) is 19.8 Å². The van der Waals surface area contributed by atoms with Crippen molar-refractivity contribution in [3.05, 3.63) is 35.9 Å². The molecule has 1 aromatic carbocycles. The zero-order valence-electron chi connectivity index (χ0n) is 13.8. The van der Waals surface area contributed by atoms with Gasteiger partial charge < -0.3 is 30.5 Å². The van der Waals surface area contributed by atoms with Gasteiger partial charge in [0.1, 0.15) is 23.9 Å². The third-order valence-corrected chi connectivity index (χ3v) is 4.64. The maximum atomic E-state index is 11.8. The first-order valence-corrected chi connectivity index (χ1v) is 7.99. The minimum atomic E-state index is -1.96. The summed E-state index contributed by atoms with van der Waals surface area (Å²) in [6.45, 7) is 2.34. The Morgan fingerprint density at radius 2 is 1.92 bits per heavy atom. The van der Waals surface area contributed by atoms with Crippen LogP contribution in [-0.4, -0.2) is 62.6 Å². The second kappa shape index (κ2) is 7.16. The number of benzene rings is 1. The Morgan fingerprint density at radius 1 is 1.29 bits per heavy atom. The number of hydrogen-bond acceptors (Lipinski definition) is 6. The van der Waals surface area contributed by atoms with Crippen molar-refractivity contribution in [3.63, 3.8) is 0 Å². The Morgan fingerprint density at radius 3 is 2.42 bits per heavy atom. The van der Waals surface area contributed by atoms with Crippen LogP contribution in [-0.2, 0) is 16.0 Å². The van der Waals surface area contributed by atoms with Crippen LogP contribution in [0.4, 0.5) is 0 Å². The van der Waals surface area contributed by atoms with Crippen LogP contribution in [0, 0.1) is 0 Å². The molecule has 0 saturated carbocycles. The lowest BCUT2D eigenvalue weighted by molar-refractivity contribution is -0.348. The SMILES string of the molecule is CCC1(O)O[C@H](CO)[C@@H](O)[C@H](O)[C@@]1(Cc1ccccc1)NC(C)=O. The van der Waals surface area contributed by atoms with Crippen LogP contribution >= 0.6 is 0 Å². The number of rotatable bonds is 5. The first kappa shape index (κ1) is 18.8. The minimum absolute atomic E-state index is 0.0421. The van der Waals surface area contributed by atoms with Gasteiger partial charge in [-0.3, -0.25) is 4.79 Å². The number of aliphatic hydroxyl groups is 4. The molecule has 5 N–H and O–H groups in total. The van der Waals surface area contributed by atoms with E-state index in [1.54, 1.807) is 31.2 Å². The summed E-state index contributed by atoms with van der Waals surface area (Å²) in [6.07, 6.45) is -4.05. The van der Waals surface area contributed by atoms with Gasteiger partial charge in [0.05, 0.1) is 6.61 Å². The highest BCUT2D eigenvalue weighted by Gasteiger charge is 2.63. The van der Waals surface area contributed by atoms with Crippen molar-refractivity contribution in [2.45, 2.75) is 56.3 Å². The van der Waals surface area contributed by atoms with Gasteiger partial charge in [0.15, 0.2) is 5.79 Å². The van der Waals surface area contributed by atoms with Gasteiger partial charge in [-0.15, -0.1) is 0 Å². The van der Waals surface area contributed by atoms with Crippen molar-refractivity contribution in [2.75, 3.05) is 6.61 Å². The van der Waals surface area contributed by atoms with Gasteiger partial charge in [0.2, 0.25) is 5.91 Å². The third kappa shape index (κ3) is 3.18. The number of aliphatic hydroxyl groups excluding tert-OH is 3. The number of carbonyl (C=O) groups excluding carboxylic acids is 1. The van der Waals surface area contributed by atoms with Crippen molar-refractivity contribution in [3.8, 4) is 0 Å². The predicted octanol–water partition coefficient (Wildman–Crippen LogP) is -0.685. The molecule has 0 spiro atoms. The molecule has 1 unspecified atom stereocenters. The predicted molar refractivity (Wildman–Crippen MR) is 85.9 cm³/mol. The van der Waals surface area contributed by atoms with Crippen LogP contribution in [0.1, 0.15) is 25.8 Å². The number of amides is 1. The Hall–Kier alpha value is -1.51. The second-order valence-electron chi connectivity index (χ2n) is 6.23. The molecule has 1 saturated heterocycles. The summed E-state index contributed by atoms with van der Waals surface area (Å²) in [7, 11) is 0. The van der Waals surface area contributed by atoms with E-state index in [0.717, 1.165) is 5.56 Å². The maximum absolute atomic E-state index is 11.8. The Balaban J connectivity index is 2.53. The van der Waals surface area contributed by atoms with Crippen molar-refractivity contribution < 1.29 is 30.0 Å². The maximum Gasteiger partial charge on any atom is 0.217 e. The van der Waals surface area contributed by atoms with Gasteiger partial charge in [0.25, 0.3) is 0 Å². The summed E-state index contributed by atoms with van der Waals surface area (Å²) in [6, 6.07) is 8.99. The van der Waals surface area contributed by atoms with Gasteiger partial charge in [-0.25, -0.2) is 0 Å². The first-order valence-electron chi connectivity index (χ1n) is 7.99. The summed E-state index contributed by atoms with van der Waals surface area (Å²) in [5, 5.41) is 44.1. The van der Waals surface area contributed by atoms with E-state index in [0.29, 0.717) is 0 Å². The summed E-state index contributed by atoms with van der Waals surface area (Å²) in [5.74, 6) is -2.43. The second-order valence-corrected chi connectivity index (χ2v) is 6.23. The molecule has 24 heavy (non-hydrogen) atoms. The molecule has 1 aliphatic heterocycles. The fourth-order valence-electron chi connectivity index (χ4n) is 3.39. The van der Waals surface area contributed by atoms with Crippen LogP contribution < -0.4 is 5.32 Å². The summed E-state index contributed by atoms with van der Waals surface area (Å²) in [5.41, 5.74) is -0.907. The molecule has 7 nitrogen and oxygen atoms in total. The first-order chi connectivity index (χ1) is 11.3. The van der Waals surface area contributed by atoms with E-state index in [4.69, 9.17) is 4.74 Å². The Bertz CT molecular complexity index is 567. The topological polar surface area (TPSA) is 119 Å². The van der Waals surface area contributed by atoms with Gasteiger partial charge >= 0.3 is 0 Å². The summed E-state index contributed by atoms with van der Waals surface area (Å²) in [4.78, 5) is 11.8. The average Bonchev–Trinajstić information content (AvgIpc) is 2.56. The molecule has 1 heterocycles. The van der Waals surface area contributed by atoms with Crippen LogP contribution in [0.3, 0.4) is 0 Å². The lowest BCUT2D eigenvalue weighted by atomic mass is 9.71. The van der Waals surface area contributed by atoms with Crippen molar-refractivity contribution in [2.24, 2.45) is 0 Å². The molecular formula is C17H25NO6. The average molecular weight is 339 g/mol. The summed E-state index contributed by atoms with van der Waals surface area (Å²) < 4.78 is 5.52. The lowest BCUT2D eigenvalue weighted by Crippen LogP contribution is -2.79. The molecular weight excluding hydrogens is 314 g/mol. The van der Waals surface area contributed by atoms with E-state index >= 15 is 0 Å². The zero-order valence-corrected chi connectivity index (χ0v) is 13.8. The van der Waals surface area contributed by atoms with Crippen molar-refractivity contribution in [1.29, 1.82) is 0 Å². The molecule has 7 heteroatoms. The number of ether oxygens (including phenoxy) is 1. The third-order valence-electron chi connectivity index (χ3n) is 4.64. The van der Waals surface area contributed by atoms with E-state index in [1.165, 1.54) is 6.92 Å². The highest BCUT2D eigenvalue weighted by molar-refractivity contribution is 5.74. The van der Waals surface area contributed by atoms with E-state index in [1.807, 2.05) is 6.07 Å². The van der Waals surface area contributed by atoms with Gasteiger partial charge in [-0.05, 0) is 5.56 Å². The standard InChI is InChI=1S/C17H25NO6/c1-3-17(23)16(18-11(2)20,9-12-7-5-4-6-8-12)15(22)14(21)13(10-19)24-17/h4-8,13-15,19,21-23H,3,9-10H2,1-2H3,(H,18,20)/t13-,14-,15+,16-,17?/m1/s1. The molecule has 5 atom stereocenters. The smallest absolute Gasteiger partial charge is 0.217 e. The highest BCUT2D eigenvalue weighted by atomic mass is 16.6. The Kier molecular flexibility index (Phi) is 5.62. The fourth-order valence-corrected chi connectivity index (χ4v) is 3.39. The van der Waals surface area contributed by atoms with Crippen LogP contribution in [0.25, 0.3) is 0 Å². The molecule has 0 radical (unpaired) electrons. The van der Waals surface area contributed by atoms with Crippen molar-refractivity contribution in [1.82, 2.24) is 5.32 Å². The van der Waals surface area contributed by atoms with E-state index in [9.17, 15) is 25.2 Å². The minimum Gasteiger partial charge on any atom is -0.394 e. The highest BCUT2D eigenvalue weighted by Crippen LogP contribution is 2.41. The molecule has 1 aromatic rings. The van der Waals surface area contributed by atoms with Crippen LogP contribution in [0.5, 0.6) is 0 Å². The lowest BCUT2D eigenvalue weighted by Gasteiger charge is -2.56. The molecule has 1 aliphatic rings. The zero-order chi connectivity index (χ0) is 18.0. The summed E-state index contributed by atoms with van der Waals surface area (Å²) >= 11 is 0. The molecule has 0 aromatic heterocycles. The van der Waals surface area contributed by atoms with E-state index < -0.39 is 42.2 Å². The molecule has 1 fully saturated rings. The quantitative estimate of drug-likeness (QED) is 0.485. The molecule has 0 bridgehead atoms. The largest absolute Gasteiger partial charge is 0.394 e. The molecule has 1 amide bonds. The van der Waals surface area contributed by atoms with Crippen molar-refractivity contribution >= 4 is 5.91 Å². The molecule has 0 aliphatic carbocycles. The normalized spacial score (nSPS) is 36.3. The molecule has 134 valence electrons. The van der Waals surface area contributed by atoms with Crippen LogP contribution in [0.2, 0.25) is 0 Å². The van der Waals surface area contributed by atoms with Gasteiger partial charge in [-0.2, -0.15) is 0 Å². The Labute approximate surface area is 140 Å². The number of nitrogens with one attached hydrogen (secondary N) is 1. The van der Waals surface area contributed by atoms with E-state index in [-0.39, 0.29) is 12.8 Å². The molecule has 2 rings (SSSR count). The number of hydrogen-bond donors (Lipinski definition) is 5.